The molecule has 1 heterocycles. The van der Waals surface area contributed by atoms with Crippen LogP contribution in [0.4, 0.5) is 0 Å². The number of primary sulfonamides is 1. The van der Waals surface area contributed by atoms with Gasteiger partial charge in [0.15, 0.2) is 5.16 Å². The number of rotatable bonds is 5. The first-order valence-corrected chi connectivity index (χ1v) is 10.1. The molecule has 5 nitrogen and oxygen atoms in total. The molecule has 0 fully saturated rings. The van der Waals surface area contributed by atoms with E-state index >= 15 is 0 Å². The lowest BCUT2D eigenvalue weighted by atomic mass is 10.1. The molecule has 0 aliphatic carbocycles. The number of thioether (sulfide) groups is 1. The van der Waals surface area contributed by atoms with Crippen LogP contribution in [0.1, 0.15) is 18.1 Å². The van der Waals surface area contributed by atoms with Crippen LogP contribution < -0.4 is 5.14 Å². The molecule has 0 atom stereocenters. The van der Waals surface area contributed by atoms with E-state index in [9.17, 15) is 8.42 Å². The monoisotopic (exact) mass is 361 g/mol. The summed E-state index contributed by atoms with van der Waals surface area (Å²) in [5.41, 5.74) is 4.08. The molecule has 2 N–H and O–H groups in total. The summed E-state index contributed by atoms with van der Waals surface area (Å²) < 4.78 is 25.1. The predicted octanol–water partition coefficient (Wildman–Crippen LogP) is 3.30. The lowest BCUT2D eigenvalue weighted by Crippen LogP contribution is -2.11. The van der Waals surface area contributed by atoms with E-state index in [0.29, 0.717) is 5.52 Å². The molecule has 0 amide bonds. The highest BCUT2D eigenvalue weighted by Gasteiger charge is 2.14. The molecule has 0 unspecified atom stereocenters. The maximum absolute atomic E-state index is 11.5. The minimum Gasteiger partial charge on any atom is -0.319 e. The number of nitrogens with zero attached hydrogens (tertiary/aromatic N) is 2. The van der Waals surface area contributed by atoms with Gasteiger partial charge in [-0.15, -0.1) is 0 Å². The fourth-order valence-corrected chi connectivity index (χ4v) is 4.28. The van der Waals surface area contributed by atoms with Gasteiger partial charge in [0.1, 0.15) is 0 Å². The second-order valence-electron chi connectivity index (χ2n) is 5.55. The van der Waals surface area contributed by atoms with Gasteiger partial charge < -0.3 is 4.57 Å². The Morgan fingerprint density at radius 1 is 1.21 bits per heavy atom. The minimum atomic E-state index is -3.72. The Morgan fingerprint density at radius 2 is 1.96 bits per heavy atom. The van der Waals surface area contributed by atoms with Gasteiger partial charge in [-0.1, -0.05) is 36.0 Å². The van der Waals surface area contributed by atoms with Gasteiger partial charge in [-0.05, 0) is 43.2 Å². The van der Waals surface area contributed by atoms with E-state index in [2.05, 4.69) is 28.6 Å². The van der Waals surface area contributed by atoms with E-state index in [1.54, 1.807) is 17.8 Å². The van der Waals surface area contributed by atoms with Crippen molar-refractivity contribution in [1.82, 2.24) is 9.55 Å². The predicted molar refractivity (Wildman–Crippen MR) is 97.5 cm³/mol. The standard InChI is InChI=1S/C17H19N3O2S2/c1-3-20-16-9-8-14(24(18,21)22)10-15(16)19-17(20)23-11-13-7-5-4-6-12(13)2/h4-10H,3,11H2,1-2H3,(H2,18,21,22). The topological polar surface area (TPSA) is 78.0 Å². The van der Waals surface area contributed by atoms with Crippen molar-refractivity contribution in [3.63, 3.8) is 0 Å². The Bertz CT molecular complexity index is 994. The molecule has 2 aromatic carbocycles. The number of nitrogens with two attached hydrogens (primary N) is 1. The third kappa shape index (κ3) is 3.33. The molecule has 0 aliphatic rings. The molecule has 0 saturated heterocycles. The highest BCUT2D eigenvalue weighted by atomic mass is 32.2. The summed E-state index contributed by atoms with van der Waals surface area (Å²) in [5, 5.41) is 6.09. The largest absolute Gasteiger partial charge is 0.319 e. The van der Waals surface area contributed by atoms with E-state index in [0.717, 1.165) is 23.0 Å². The van der Waals surface area contributed by atoms with Crippen molar-refractivity contribution in [2.45, 2.75) is 36.2 Å². The average molecular weight is 361 g/mol. The number of aromatic nitrogens is 2. The smallest absolute Gasteiger partial charge is 0.238 e. The maximum atomic E-state index is 11.5. The molecular weight excluding hydrogens is 342 g/mol. The molecule has 0 radical (unpaired) electrons. The van der Waals surface area contributed by atoms with Crippen LogP contribution in [0.15, 0.2) is 52.5 Å². The Morgan fingerprint density at radius 3 is 2.62 bits per heavy atom. The third-order valence-electron chi connectivity index (χ3n) is 3.95. The van der Waals surface area contributed by atoms with Gasteiger partial charge in [0.2, 0.25) is 10.0 Å². The number of fused-ring (bicyclic) bond motifs is 1. The van der Waals surface area contributed by atoms with Crippen LogP contribution in [0.3, 0.4) is 0 Å². The average Bonchev–Trinajstić information content (AvgIpc) is 2.89. The van der Waals surface area contributed by atoms with Crippen molar-refractivity contribution in [2.75, 3.05) is 0 Å². The van der Waals surface area contributed by atoms with E-state index in [-0.39, 0.29) is 4.90 Å². The van der Waals surface area contributed by atoms with Crippen molar-refractivity contribution in [3.8, 4) is 0 Å². The number of imidazole rings is 1. The summed E-state index contributed by atoms with van der Waals surface area (Å²) in [5.74, 6) is 0.817. The lowest BCUT2D eigenvalue weighted by Gasteiger charge is -2.07. The summed E-state index contributed by atoms with van der Waals surface area (Å²) >= 11 is 1.65. The highest BCUT2D eigenvalue weighted by Crippen LogP contribution is 2.28. The Kier molecular flexibility index (Phi) is 4.67. The summed E-state index contributed by atoms with van der Waals surface area (Å²) in [4.78, 5) is 4.70. The van der Waals surface area contributed by atoms with Crippen molar-refractivity contribution in [2.24, 2.45) is 5.14 Å². The molecule has 0 spiro atoms. The number of hydrogen-bond acceptors (Lipinski definition) is 4. The summed E-state index contributed by atoms with van der Waals surface area (Å²) in [6, 6.07) is 13.1. The third-order valence-corrected chi connectivity index (χ3v) is 5.88. The van der Waals surface area contributed by atoms with Gasteiger partial charge in [-0.3, -0.25) is 0 Å². The molecule has 3 aromatic rings. The number of hydrogen-bond donors (Lipinski definition) is 1. The first-order valence-electron chi connectivity index (χ1n) is 7.60. The maximum Gasteiger partial charge on any atom is 0.238 e. The van der Waals surface area contributed by atoms with Crippen LogP contribution in [0.25, 0.3) is 11.0 Å². The van der Waals surface area contributed by atoms with Gasteiger partial charge in [0.25, 0.3) is 0 Å². The van der Waals surface area contributed by atoms with Gasteiger partial charge in [0, 0.05) is 12.3 Å². The van der Waals surface area contributed by atoms with Crippen LogP contribution in [-0.4, -0.2) is 18.0 Å². The van der Waals surface area contributed by atoms with Crippen LogP contribution in [0, 0.1) is 6.92 Å². The quantitative estimate of drug-likeness (QED) is 0.707. The minimum absolute atomic E-state index is 0.0891. The van der Waals surface area contributed by atoms with E-state index < -0.39 is 10.0 Å². The molecule has 0 aliphatic heterocycles. The van der Waals surface area contributed by atoms with Gasteiger partial charge in [-0.25, -0.2) is 18.5 Å². The van der Waals surface area contributed by atoms with E-state index in [1.807, 2.05) is 19.1 Å². The lowest BCUT2D eigenvalue weighted by molar-refractivity contribution is 0.598. The second-order valence-corrected chi connectivity index (χ2v) is 8.05. The zero-order chi connectivity index (χ0) is 17.3. The number of benzene rings is 2. The zero-order valence-corrected chi connectivity index (χ0v) is 15.2. The second kappa shape index (κ2) is 6.58. The summed E-state index contributed by atoms with van der Waals surface area (Å²) in [6.07, 6.45) is 0. The SMILES string of the molecule is CCn1c(SCc2ccccc2C)nc2cc(S(N)(=O)=O)ccc21. The number of sulfonamides is 1. The van der Waals surface area contributed by atoms with Crippen LogP contribution in [0.2, 0.25) is 0 Å². The summed E-state index contributed by atoms with van der Waals surface area (Å²) in [7, 11) is -3.72. The van der Waals surface area contributed by atoms with Crippen LogP contribution >= 0.6 is 11.8 Å². The van der Waals surface area contributed by atoms with Gasteiger partial charge in [-0.2, -0.15) is 0 Å². The molecule has 1 aromatic heterocycles. The van der Waals surface area contributed by atoms with Crippen molar-refractivity contribution < 1.29 is 8.42 Å². The molecular formula is C17H19N3O2S2. The molecule has 0 bridgehead atoms. The fourth-order valence-electron chi connectivity index (χ4n) is 2.59. The van der Waals surface area contributed by atoms with Crippen molar-refractivity contribution in [1.29, 1.82) is 0 Å². The van der Waals surface area contributed by atoms with E-state index in [4.69, 9.17) is 5.14 Å². The summed E-state index contributed by atoms with van der Waals surface area (Å²) in [6.45, 7) is 4.91. The highest BCUT2D eigenvalue weighted by molar-refractivity contribution is 7.98. The molecule has 24 heavy (non-hydrogen) atoms. The van der Waals surface area contributed by atoms with E-state index in [1.165, 1.54) is 23.3 Å². The van der Waals surface area contributed by atoms with Gasteiger partial charge in [0.05, 0.1) is 15.9 Å². The van der Waals surface area contributed by atoms with Crippen molar-refractivity contribution in [3.05, 3.63) is 53.6 Å². The Labute approximate surface area is 145 Å². The molecule has 3 rings (SSSR count). The first-order chi connectivity index (χ1) is 11.4. The van der Waals surface area contributed by atoms with Crippen molar-refractivity contribution >= 4 is 32.8 Å². The zero-order valence-electron chi connectivity index (χ0n) is 13.6. The molecule has 7 heteroatoms. The number of aryl methyl sites for hydroxylation is 2. The molecule has 0 saturated carbocycles. The normalized spacial score (nSPS) is 12.0. The van der Waals surface area contributed by atoms with Crippen LogP contribution in [0.5, 0.6) is 0 Å². The first kappa shape index (κ1) is 17.0. The fraction of sp³-hybridized carbons (Fsp3) is 0.235. The Balaban J connectivity index is 1.97. The Hall–Kier alpha value is -1.83. The van der Waals surface area contributed by atoms with Gasteiger partial charge >= 0.3 is 0 Å². The van der Waals surface area contributed by atoms with Crippen LogP contribution in [-0.2, 0) is 22.3 Å². The molecule has 126 valence electrons.